The topological polar surface area (TPSA) is 57.7 Å². The number of hydrogen-bond acceptors (Lipinski definition) is 4. The third-order valence-electron chi connectivity index (χ3n) is 4.53. The Labute approximate surface area is 158 Å². The van der Waals surface area contributed by atoms with Gasteiger partial charge in [-0.25, -0.2) is 4.79 Å². The summed E-state index contributed by atoms with van der Waals surface area (Å²) < 4.78 is 5.32. The zero-order valence-electron chi connectivity index (χ0n) is 16.7. The lowest BCUT2D eigenvalue weighted by atomic mass is 10.1. The van der Waals surface area contributed by atoms with Crippen molar-refractivity contribution in [3.63, 3.8) is 0 Å². The summed E-state index contributed by atoms with van der Waals surface area (Å²) in [5, 5.41) is 9.10. The van der Waals surface area contributed by atoms with Crippen molar-refractivity contribution in [3.8, 4) is 0 Å². The number of anilines is 1. The minimum absolute atomic E-state index is 0.364. The van der Waals surface area contributed by atoms with E-state index in [2.05, 4.69) is 11.9 Å². The molecule has 0 fully saturated rings. The largest absolute Gasteiger partial charge is 0.462 e. The number of diazo groups is 1. The van der Waals surface area contributed by atoms with Crippen LogP contribution in [0, 0.1) is 5.39 Å². The molecule has 0 saturated carbocycles. The van der Waals surface area contributed by atoms with Crippen molar-refractivity contribution in [1.82, 2.24) is 0 Å². The minimum atomic E-state index is -0.365. The third-order valence-corrected chi connectivity index (χ3v) is 4.53. The minimum Gasteiger partial charge on any atom is -0.462 e. The summed E-state index contributed by atoms with van der Waals surface area (Å²) in [5.41, 5.74) is 1.53. The molecule has 0 heterocycles. The molecule has 0 unspecified atom stereocenters. The summed E-state index contributed by atoms with van der Waals surface area (Å²) in [5.74, 6) is -0.365. The molecule has 0 spiro atoms. The van der Waals surface area contributed by atoms with Gasteiger partial charge in [-0.1, -0.05) is 64.7 Å². The summed E-state index contributed by atoms with van der Waals surface area (Å²) in [4.78, 5) is 17.2. The highest BCUT2D eigenvalue weighted by molar-refractivity contribution is 5.92. The highest BCUT2D eigenvalue weighted by Crippen LogP contribution is 2.28. The normalized spacial score (nSPS) is 10.4. The number of benzene rings is 1. The number of carbonyl (C=O) groups excluding carboxylic acids is 1. The smallest absolute Gasteiger partial charge is 0.408 e. The average molecular weight is 361 g/mol. The highest BCUT2D eigenvalue weighted by Gasteiger charge is 2.19. The molecule has 0 N–H and O–H groups in total. The number of ether oxygens (including phenoxy) is 1. The van der Waals surface area contributed by atoms with Gasteiger partial charge < -0.3 is 9.64 Å². The van der Waals surface area contributed by atoms with E-state index < -0.39 is 0 Å². The van der Waals surface area contributed by atoms with Gasteiger partial charge in [0.2, 0.25) is 5.39 Å². The standard InChI is InChI=1S/C21H34N3O2/c1-4-5-6-7-8-9-10-11-12-13-16-26-21(25)18-14-15-20(24(2)3)19(17-18)23-22/h14-15,17H,4-13,16H2,1-3H3/q+1. The zero-order valence-corrected chi connectivity index (χ0v) is 16.7. The van der Waals surface area contributed by atoms with E-state index >= 15 is 0 Å². The molecule has 0 saturated heterocycles. The zero-order chi connectivity index (χ0) is 19.2. The summed E-state index contributed by atoms with van der Waals surface area (Å²) in [6.45, 7) is 2.68. The quantitative estimate of drug-likeness (QED) is 0.235. The second kappa shape index (κ2) is 13.2. The first-order valence-electron chi connectivity index (χ1n) is 9.93. The lowest BCUT2D eigenvalue weighted by molar-refractivity contribution is 0.0497. The van der Waals surface area contributed by atoms with E-state index in [0.29, 0.717) is 17.9 Å². The first-order valence-corrected chi connectivity index (χ1v) is 9.93. The Kier molecular flexibility index (Phi) is 11.1. The molecular weight excluding hydrogens is 326 g/mol. The molecule has 0 bridgehead atoms. The van der Waals surface area contributed by atoms with Crippen LogP contribution in [0.1, 0.15) is 81.5 Å². The average Bonchev–Trinajstić information content (AvgIpc) is 2.65. The molecule has 26 heavy (non-hydrogen) atoms. The predicted molar refractivity (Wildman–Crippen MR) is 108 cm³/mol. The van der Waals surface area contributed by atoms with Crippen LogP contribution in [0.25, 0.3) is 4.98 Å². The van der Waals surface area contributed by atoms with Crippen molar-refractivity contribution in [1.29, 1.82) is 5.39 Å². The van der Waals surface area contributed by atoms with Gasteiger partial charge in [-0.2, -0.15) is 0 Å². The monoisotopic (exact) mass is 360 g/mol. The van der Waals surface area contributed by atoms with E-state index in [-0.39, 0.29) is 5.97 Å². The Hall–Kier alpha value is -2.09. The van der Waals surface area contributed by atoms with Crippen molar-refractivity contribution >= 4 is 17.3 Å². The van der Waals surface area contributed by atoms with Crippen LogP contribution in [0.2, 0.25) is 0 Å². The highest BCUT2D eigenvalue weighted by atomic mass is 16.5. The van der Waals surface area contributed by atoms with Gasteiger partial charge in [0, 0.05) is 14.1 Å². The molecule has 1 rings (SSSR count). The number of esters is 1. The third kappa shape index (κ3) is 8.33. The van der Waals surface area contributed by atoms with Crippen LogP contribution in [0.3, 0.4) is 0 Å². The van der Waals surface area contributed by atoms with Crippen LogP contribution < -0.4 is 4.90 Å². The molecule has 5 heteroatoms. The SMILES string of the molecule is CCCCCCCCCCCCOC(=O)c1ccc(N(C)C)c([N+]#N)c1. The van der Waals surface area contributed by atoms with Gasteiger partial charge in [-0.15, -0.1) is 0 Å². The number of nitrogens with zero attached hydrogens (tertiary/aromatic N) is 3. The fourth-order valence-corrected chi connectivity index (χ4v) is 2.95. The van der Waals surface area contributed by atoms with Crippen LogP contribution in [0.15, 0.2) is 18.2 Å². The van der Waals surface area contributed by atoms with Crippen LogP contribution >= 0.6 is 0 Å². The Balaban J connectivity index is 2.18. The van der Waals surface area contributed by atoms with Crippen LogP contribution in [-0.4, -0.2) is 26.7 Å². The van der Waals surface area contributed by atoms with Crippen molar-refractivity contribution < 1.29 is 9.53 Å². The van der Waals surface area contributed by atoms with Gasteiger partial charge in [0.25, 0.3) is 0 Å². The number of hydrogen-bond donors (Lipinski definition) is 0. The van der Waals surface area contributed by atoms with Crippen LogP contribution in [-0.2, 0) is 4.74 Å². The van der Waals surface area contributed by atoms with Crippen LogP contribution in [0.4, 0.5) is 11.4 Å². The van der Waals surface area contributed by atoms with Crippen molar-refractivity contribution in [2.24, 2.45) is 0 Å². The molecule has 0 aliphatic rings. The molecular formula is C21H34N3O2+. The molecule has 5 nitrogen and oxygen atoms in total. The van der Waals surface area contributed by atoms with Crippen LogP contribution in [0.5, 0.6) is 0 Å². The second-order valence-electron chi connectivity index (χ2n) is 7.02. The molecule has 144 valence electrons. The number of carbonyl (C=O) groups is 1. The van der Waals surface area contributed by atoms with Crippen molar-refractivity contribution in [2.45, 2.75) is 71.1 Å². The molecule has 0 amide bonds. The molecule has 0 aliphatic heterocycles. The first-order chi connectivity index (χ1) is 12.6. The summed E-state index contributed by atoms with van der Waals surface area (Å²) in [7, 11) is 3.71. The number of rotatable bonds is 13. The summed E-state index contributed by atoms with van der Waals surface area (Å²) in [6, 6.07) is 5.01. The molecule has 0 atom stereocenters. The Bertz CT molecular complexity index is 579. The van der Waals surface area contributed by atoms with E-state index in [1.807, 2.05) is 19.0 Å². The van der Waals surface area contributed by atoms with Gasteiger partial charge in [0.05, 0.1) is 18.2 Å². The second-order valence-corrected chi connectivity index (χ2v) is 7.02. The Morgan fingerprint density at radius 3 is 2.12 bits per heavy atom. The van der Waals surface area contributed by atoms with E-state index in [1.165, 1.54) is 51.4 Å². The molecule has 0 aliphatic carbocycles. The fraction of sp³-hybridized carbons (Fsp3) is 0.667. The van der Waals surface area contributed by atoms with Gasteiger partial charge in [-0.05, 0) is 18.6 Å². The summed E-state index contributed by atoms with van der Waals surface area (Å²) >= 11 is 0. The summed E-state index contributed by atoms with van der Waals surface area (Å²) in [6.07, 6.45) is 12.5. The lowest BCUT2D eigenvalue weighted by Crippen LogP contribution is -2.10. The van der Waals surface area contributed by atoms with Gasteiger partial charge in [0.1, 0.15) is 5.69 Å². The maximum absolute atomic E-state index is 12.1. The maximum Gasteiger partial charge on any atom is 0.408 e. The van der Waals surface area contributed by atoms with Crippen molar-refractivity contribution in [2.75, 3.05) is 25.6 Å². The van der Waals surface area contributed by atoms with E-state index in [0.717, 1.165) is 18.5 Å². The molecule has 1 aromatic carbocycles. The first kappa shape index (κ1) is 22.0. The molecule has 1 aromatic rings. The van der Waals surface area contributed by atoms with E-state index in [9.17, 15) is 4.79 Å². The van der Waals surface area contributed by atoms with Crippen molar-refractivity contribution in [3.05, 3.63) is 28.7 Å². The van der Waals surface area contributed by atoms with Gasteiger partial charge in [0.15, 0.2) is 4.98 Å². The lowest BCUT2D eigenvalue weighted by Gasteiger charge is -2.10. The number of unbranched alkanes of at least 4 members (excludes halogenated alkanes) is 9. The Morgan fingerprint density at radius 2 is 1.58 bits per heavy atom. The Morgan fingerprint density at radius 1 is 1.00 bits per heavy atom. The van der Waals surface area contributed by atoms with E-state index in [1.54, 1.807) is 18.2 Å². The van der Waals surface area contributed by atoms with E-state index in [4.69, 9.17) is 10.1 Å². The predicted octanol–water partition coefficient (Wildman–Crippen LogP) is 6.31. The molecule has 0 aromatic heterocycles. The molecule has 0 radical (unpaired) electrons. The van der Waals surface area contributed by atoms with Gasteiger partial charge >= 0.3 is 11.7 Å². The van der Waals surface area contributed by atoms with Gasteiger partial charge in [-0.3, -0.25) is 0 Å². The maximum atomic E-state index is 12.1. The fourth-order valence-electron chi connectivity index (χ4n) is 2.95.